The molecule has 2 aliphatic rings. The SMILES string of the molecule is CN=C(NCCN1CCN(C(C)=O)CC1)NCC(CC(C)C)N1CCOCC1.I. The minimum absolute atomic E-state index is 0. The first-order valence-electron chi connectivity index (χ1n) is 10.7. The highest BCUT2D eigenvalue weighted by Gasteiger charge is 2.22. The number of nitrogens with zero attached hydrogens (tertiary/aromatic N) is 4. The highest BCUT2D eigenvalue weighted by Crippen LogP contribution is 2.13. The Morgan fingerprint density at radius 1 is 1.07 bits per heavy atom. The molecule has 0 aromatic rings. The average molecular weight is 524 g/mol. The maximum absolute atomic E-state index is 11.4. The first kappa shape index (κ1) is 26.4. The summed E-state index contributed by atoms with van der Waals surface area (Å²) in [5, 5.41) is 6.95. The lowest BCUT2D eigenvalue weighted by molar-refractivity contribution is -0.130. The van der Waals surface area contributed by atoms with Crippen LogP contribution in [-0.4, -0.2) is 112 Å². The molecule has 0 aromatic carbocycles. The van der Waals surface area contributed by atoms with Crippen molar-refractivity contribution >= 4 is 35.8 Å². The van der Waals surface area contributed by atoms with Gasteiger partial charge in [-0.25, -0.2) is 0 Å². The van der Waals surface area contributed by atoms with Gasteiger partial charge in [-0.1, -0.05) is 13.8 Å². The Labute approximate surface area is 193 Å². The number of hydrogen-bond donors (Lipinski definition) is 2. The van der Waals surface area contributed by atoms with E-state index in [9.17, 15) is 4.79 Å². The van der Waals surface area contributed by atoms with Crippen molar-refractivity contribution in [1.29, 1.82) is 0 Å². The number of ether oxygens (including phenoxy) is 1. The summed E-state index contributed by atoms with van der Waals surface area (Å²) in [5.74, 6) is 1.71. The van der Waals surface area contributed by atoms with Crippen LogP contribution in [0.15, 0.2) is 4.99 Å². The quantitative estimate of drug-likeness (QED) is 0.277. The van der Waals surface area contributed by atoms with Crippen molar-refractivity contribution in [3.63, 3.8) is 0 Å². The molecule has 29 heavy (non-hydrogen) atoms. The lowest BCUT2D eigenvalue weighted by Gasteiger charge is -2.36. The van der Waals surface area contributed by atoms with E-state index < -0.39 is 0 Å². The summed E-state index contributed by atoms with van der Waals surface area (Å²) in [6.45, 7) is 16.2. The molecule has 2 rings (SSSR count). The summed E-state index contributed by atoms with van der Waals surface area (Å²) in [5.41, 5.74) is 0. The van der Waals surface area contributed by atoms with Gasteiger partial charge in [0.1, 0.15) is 0 Å². The molecule has 0 spiro atoms. The smallest absolute Gasteiger partial charge is 0.219 e. The molecule has 1 unspecified atom stereocenters. The molecule has 170 valence electrons. The van der Waals surface area contributed by atoms with Gasteiger partial charge in [0.2, 0.25) is 5.91 Å². The third kappa shape index (κ3) is 9.80. The zero-order chi connectivity index (χ0) is 20.4. The summed E-state index contributed by atoms with van der Waals surface area (Å²) >= 11 is 0. The van der Waals surface area contributed by atoms with Gasteiger partial charge >= 0.3 is 0 Å². The van der Waals surface area contributed by atoms with Crippen LogP contribution in [0.1, 0.15) is 27.2 Å². The molecule has 2 N–H and O–H groups in total. The van der Waals surface area contributed by atoms with Crippen molar-refractivity contribution in [1.82, 2.24) is 25.3 Å². The van der Waals surface area contributed by atoms with Crippen LogP contribution in [0.4, 0.5) is 0 Å². The van der Waals surface area contributed by atoms with E-state index in [1.165, 1.54) is 6.42 Å². The number of amides is 1. The van der Waals surface area contributed by atoms with Crippen molar-refractivity contribution < 1.29 is 9.53 Å². The minimum atomic E-state index is 0. The molecule has 9 heteroatoms. The third-order valence-electron chi connectivity index (χ3n) is 5.57. The predicted octanol–water partition coefficient (Wildman–Crippen LogP) is 0.680. The number of guanidine groups is 1. The zero-order valence-electron chi connectivity index (χ0n) is 18.7. The van der Waals surface area contributed by atoms with E-state index in [2.05, 4.69) is 39.3 Å². The predicted molar refractivity (Wildman–Crippen MR) is 129 cm³/mol. The molecule has 2 fully saturated rings. The van der Waals surface area contributed by atoms with E-state index >= 15 is 0 Å². The molecule has 0 aliphatic carbocycles. The van der Waals surface area contributed by atoms with E-state index in [-0.39, 0.29) is 29.9 Å². The van der Waals surface area contributed by atoms with Gasteiger partial charge in [0.15, 0.2) is 5.96 Å². The molecule has 0 radical (unpaired) electrons. The van der Waals surface area contributed by atoms with Gasteiger partial charge in [0.05, 0.1) is 13.2 Å². The summed E-state index contributed by atoms with van der Waals surface area (Å²) < 4.78 is 5.51. The molecule has 0 saturated carbocycles. The van der Waals surface area contributed by atoms with Gasteiger partial charge < -0.3 is 20.3 Å². The second-order valence-corrected chi connectivity index (χ2v) is 8.16. The Balaban J connectivity index is 0.00000420. The largest absolute Gasteiger partial charge is 0.379 e. The number of carbonyl (C=O) groups is 1. The van der Waals surface area contributed by atoms with E-state index in [1.54, 1.807) is 6.92 Å². The fourth-order valence-electron chi connectivity index (χ4n) is 3.90. The van der Waals surface area contributed by atoms with Gasteiger partial charge in [0.25, 0.3) is 0 Å². The number of rotatable bonds is 8. The topological polar surface area (TPSA) is 72.4 Å². The number of nitrogens with one attached hydrogen (secondary N) is 2. The maximum atomic E-state index is 11.4. The maximum Gasteiger partial charge on any atom is 0.219 e. The summed E-state index contributed by atoms with van der Waals surface area (Å²) in [7, 11) is 1.83. The van der Waals surface area contributed by atoms with Crippen molar-refractivity contribution in [2.45, 2.75) is 33.2 Å². The molecule has 2 aliphatic heterocycles. The molecule has 1 amide bonds. The average Bonchev–Trinajstić information content (AvgIpc) is 2.70. The Morgan fingerprint density at radius 3 is 2.28 bits per heavy atom. The highest BCUT2D eigenvalue weighted by molar-refractivity contribution is 14.0. The number of halogens is 1. The Kier molecular flexibility index (Phi) is 13.1. The minimum Gasteiger partial charge on any atom is -0.379 e. The van der Waals surface area contributed by atoms with Crippen LogP contribution >= 0.6 is 24.0 Å². The van der Waals surface area contributed by atoms with Crippen LogP contribution in [0, 0.1) is 5.92 Å². The van der Waals surface area contributed by atoms with Crippen LogP contribution in [0.25, 0.3) is 0 Å². The number of piperazine rings is 1. The number of aliphatic imine (C=N–C) groups is 1. The number of morpholine rings is 1. The second-order valence-electron chi connectivity index (χ2n) is 8.16. The summed E-state index contributed by atoms with van der Waals surface area (Å²) in [4.78, 5) is 22.7. The first-order chi connectivity index (χ1) is 13.5. The summed E-state index contributed by atoms with van der Waals surface area (Å²) in [6.07, 6.45) is 1.17. The molecule has 8 nitrogen and oxygen atoms in total. The van der Waals surface area contributed by atoms with Gasteiger partial charge in [-0.15, -0.1) is 24.0 Å². The summed E-state index contributed by atoms with van der Waals surface area (Å²) in [6, 6.07) is 0.502. The van der Waals surface area contributed by atoms with Crippen LogP contribution in [-0.2, 0) is 9.53 Å². The molecule has 0 bridgehead atoms. The fraction of sp³-hybridized carbons (Fsp3) is 0.900. The third-order valence-corrected chi connectivity index (χ3v) is 5.57. The molecule has 2 heterocycles. The van der Waals surface area contributed by atoms with E-state index in [0.717, 1.165) is 78.1 Å². The van der Waals surface area contributed by atoms with Crippen LogP contribution in [0.3, 0.4) is 0 Å². The van der Waals surface area contributed by atoms with E-state index in [1.807, 2.05) is 11.9 Å². The van der Waals surface area contributed by atoms with Crippen LogP contribution in [0.2, 0.25) is 0 Å². The van der Waals surface area contributed by atoms with Gasteiger partial charge in [-0.3, -0.25) is 19.6 Å². The van der Waals surface area contributed by atoms with Gasteiger partial charge in [-0.05, 0) is 12.3 Å². The molecular weight excluding hydrogens is 483 g/mol. The standard InChI is InChI=1S/C20H40N6O2.HI/c1-17(2)15-19(26-11-13-28-14-12-26)16-23-20(21-4)22-5-6-24-7-9-25(10-8-24)18(3)27;/h17,19H,5-16H2,1-4H3,(H2,21,22,23);1H. The normalized spacial score (nSPS) is 20.3. The lowest BCUT2D eigenvalue weighted by Crippen LogP contribution is -2.52. The first-order valence-corrected chi connectivity index (χ1v) is 10.7. The number of hydrogen-bond acceptors (Lipinski definition) is 5. The van der Waals surface area contributed by atoms with Crippen molar-refractivity contribution in [2.75, 3.05) is 79.2 Å². The van der Waals surface area contributed by atoms with Crippen molar-refractivity contribution in [3.8, 4) is 0 Å². The highest BCUT2D eigenvalue weighted by atomic mass is 127. The molecule has 2 saturated heterocycles. The molecule has 1 atom stereocenters. The second kappa shape index (κ2) is 14.4. The van der Waals surface area contributed by atoms with Gasteiger partial charge in [-0.2, -0.15) is 0 Å². The Bertz CT molecular complexity index is 491. The van der Waals surface area contributed by atoms with E-state index in [0.29, 0.717) is 12.0 Å². The molecule has 0 aromatic heterocycles. The monoisotopic (exact) mass is 524 g/mol. The Hall–Kier alpha value is -0.650. The molecular formula is C20H41IN6O2. The number of carbonyl (C=O) groups excluding carboxylic acids is 1. The Morgan fingerprint density at radius 2 is 1.72 bits per heavy atom. The van der Waals surface area contributed by atoms with E-state index in [4.69, 9.17) is 4.74 Å². The lowest BCUT2D eigenvalue weighted by atomic mass is 10.0. The van der Waals surface area contributed by atoms with Crippen molar-refractivity contribution in [3.05, 3.63) is 0 Å². The van der Waals surface area contributed by atoms with Crippen molar-refractivity contribution in [2.24, 2.45) is 10.9 Å². The van der Waals surface area contributed by atoms with Gasteiger partial charge in [0, 0.05) is 78.9 Å². The fourth-order valence-corrected chi connectivity index (χ4v) is 3.90. The van der Waals surface area contributed by atoms with Crippen LogP contribution in [0.5, 0.6) is 0 Å². The van der Waals surface area contributed by atoms with Crippen LogP contribution < -0.4 is 10.6 Å². The zero-order valence-corrected chi connectivity index (χ0v) is 21.0.